The molecule has 12 aromatic rings. The van der Waals surface area contributed by atoms with Crippen LogP contribution in [0.1, 0.15) is 47.2 Å². The molecule has 0 bridgehead atoms. The number of benzene rings is 12. The Morgan fingerprint density at radius 1 is 0.274 bits per heavy atom. The molecule has 0 aromatic heterocycles. The number of nitrogens with zero attached hydrogens (tertiary/aromatic N) is 2. The lowest BCUT2D eigenvalue weighted by Crippen LogP contribution is -2.18. The lowest BCUT2D eigenvalue weighted by atomic mass is 9.82. The fourth-order valence-electron chi connectivity index (χ4n) is 11.3. The Kier molecular flexibility index (Phi) is 10.9. The summed E-state index contributed by atoms with van der Waals surface area (Å²) in [5, 5.41) is 9.85. The molecule has 0 unspecified atom stereocenters. The Morgan fingerprint density at radius 2 is 0.589 bits per heavy atom. The Morgan fingerprint density at radius 3 is 0.986 bits per heavy atom. The fourth-order valence-corrected chi connectivity index (χ4v) is 11.3. The zero-order valence-electron chi connectivity index (χ0n) is 41.0. The summed E-state index contributed by atoms with van der Waals surface area (Å²) < 4.78 is 0. The van der Waals surface area contributed by atoms with E-state index in [0.29, 0.717) is 0 Å². The van der Waals surface area contributed by atoms with Crippen LogP contribution in [0.15, 0.2) is 255 Å². The molecule has 0 spiro atoms. The molecule has 0 saturated carbocycles. The van der Waals surface area contributed by atoms with Crippen molar-refractivity contribution in [3.8, 4) is 11.1 Å². The molecule has 0 radical (unpaired) electrons. The first-order valence-electron chi connectivity index (χ1n) is 25.3. The van der Waals surface area contributed by atoms with Gasteiger partial charge < -0.3 is 9.80 Å². The summed E-state index contributed by atoms with van der Waals surface area (Å²) >= 11 is 0. The van der Waals surface area contributed by atoms with E-state index >= 15 is 0 Å². The second-order valence-electron chi connectivity index (χ2n) is 19.8. The molecular weight excluding hydrogens is 881 g/mol. The van der Waals surface area contributed by atoms with E-state index in [4.69, 9.17) is 0 Å². The number of hydrogen-bond donors (Lipinski definition) is 0. The smallest absolute Gasteiger partial charge is 0.0546 e. The van der Waals surface area contributed by atoms with Crippen LogP contribution in [-0.4, -0.2) is 0 Å². The normalized spacial score (nSPS) is 12.8. The topological polar surface area (TPSA) is 6.48 Å². The predicted molar refractivity (Wildman–Crippen MR) is 314 cm³/mol. The van der Waals surface area contributed by atoms with Gasteiger partial charge in [0.25, 0.3) is 0 Å². The van der Waals surface area contributed by atoms with Crippen molar-refractivity contribution in [1.82, 2.24) is 0 Å². The van der Waals surface area contributed by atoms with E-state index in [1.165, 1.54) is 76.5 Å². The number of fused-ring (bicyclic) bond motifs is 9. The lowest BCUT2D eigenvalue weighted by molar-refractivity contribution is 0.660. The highest BCUT2D eigenvalue weighted by Crippen LogP contribution is 2.53. The molecule has 2 heteroatoms. The predicted octanol–water partition coefficient (Wildman–Crippen LogP) is 19.9. The Labute approximate surface area is 427 Å². The minimum Gasteiger partial charge on any atom is -0.310 e. The maximum atomic E-state index is 2.47. The number of anilines is 6. The molecule has 73 heavy (non-hydrogen) atoms. The zero-order chi connectivity index (χ0) is 48.9. The van der Waals surface area contributed by atoms with Crippen LogP contribution in [0, 0.1) is 0 Å². The lowest BCUT2D eigenvalue weighted by Gasteiger charge is -2.30. The first-order valence-corrected chi connectivity index (χ1v) is 25.3. The van der Waals surface area contributed by atoms with Gasteiger partial charge in [0.15, 0.2) is 0 Å². The zero-order valence-corrected chi connectivity index (χ0v) is 41.0. The molecule has 12 aromatic carbocycles. The third kappa shape index (κ3) is 7.95. The monoisotopic (exact) mass is 932 g/mol. The number of rotatable bonds is 10. The van der Waals surface area contributed by atoms with E-state index < -0.39 is 0 Å². The molecule has 346 valence electrons. The minimum absolute atomic E-state index is 0.316. The highest BCUT2D eigenvalue weighted by molar-refractivity contribution is 6.16. The van der Waals surface area contributed by atoms with Crippen LogP contribution < -0.4 is 9.80 Å². The minimum atomic E-state index is -0.316. The molecule has 0 aliphatic heterocycles. The van der Waals surface area contributed by atoms with E-state index in [-0.39, 0.29) is 5.41 Å². The molecule has 1 aliphatic rings. The summed E-state index contributed by atoms with van der Waals surface area (Å²) in [5.41, 5.74) is 16.3. The summed E-state index contributed by atoms with van der Waals surface area (Å²) in [5.74, 6) is 0. The highest BCUT2D eigenvalue weighted by atomic mass is 15.1. The van der Waals surface area contributed by atoms with Crippen molar-refractivity contribution in [3.63, 3.8) is 0 Å². The van der Waals surface area contributed by atoms with Gasteiger partial charge in [-0.05, 0) is 137 Å². The third-order valence-electron chi connectivity index (χ3n) is 15.0. The maximum Gasteiger partial charge on any atom is 0.0546 e. The van der Waals surface area contributed by atoms with Crippen molar-refractivity contribution in [2.75, 3.05) is 9.80 Å². The summed E-state index contributed by atoms with van der Waals surface area (Å²) in [7, 11) is 0. The molecule has 0 atom stereocenters. The molecule has 0 heterocycles. The molecule has 0 fully saturated rings. The molecule has 13 rings (SSSR count). The van der Waals surface area contributed by atoms with E-state index in [1.54, 1.807) is 0 Å². The van der Waals surface area contributed by atoms with Gasteiger partial charge in [-0.1, -0.05) is 232 Å². The average Bonchev–Trinajstić information content (AvgIpc) is 3.67. The van der Waals surface area contributed by atoms with Crippen LogP contribution in [0.2, 0.25) is 0 Å². The van der Waals surface area contributed by atoms with Gasteiger partial charge in [0, 0.05) is 38.9 Å². The number of hydrogen-bond acceptors (Lipinski definition) is 2. The third-order valence-corrected chi connectivity index (χ3v) is 15.0. The van der Waals surface area contributed by atoms with Crippen LogP contribution >= 0.6 is 0 Å². The molecule has 0 saturated heterocycles. The second-order valence-corrected chi connectivity index (χ2v) is 19.8. The van der Waals surface area contributed by atoms with Crippen molar-refractivity contribution in [1.29, 1.82) is 0 Å². The van der Waals surface area contributed by atoms with Crippen molar-refractivity contribution in [2.45, 2.75) is 19.3 Å². The molecule has 2 nitrogen and oxygen atoms in total. The van der Waals surface area contributed by atoms with E-state index in [1.807, 2.05) is 0 Å². The standard InChI is InChI=1S/C71H52N2/c1-71(2)67-47-57(72(55-37-33-51(34-38-55)31-29-49-17-5-3-6-18-49)69-45-53-21-9-11-23-59(53)61-25-13-15-27-65(61)69)41-43-63(67)64-44-42-58(48-68(64)71)73(56-39-35-52(36-40-56)32-30-50-19-7-4-8-20-50)70-46-54-22-10-12-24-60(54)62-26-14-16-28-66(62)70/h3-48H,1-2H3/b31-29+,32-30+. The summed E-state index contributed by atoms with van der Waals surface area (Å²) in [6.45, 7) is 4.80. The van der Waals surface area contributed by atoms with Crippen molar-refractivity contribution in [3.05, 3.63) is 288 Å². The SMILES string of the molecule is CC1(C)c2cc(N(c3ccc(/C=C/c4ccccc4)cc3)c3cc4ccccc4c4ccccc34)ccc2-c2ccc(N(c3ccc(/C=C/c4ccccc4)cc3)c3cc4ccccc4c4ccccc34)cc21. The first kappa shape index (κ1) is 43.8. The van der Waals surface area contributed by atoms with E-state index in [2.05, 4.69) is 303 Å². The van der Waals surface area contributed by atoms with Crippen LogP contribution in [0.25, 0.3) is 78.5 Å². The average molecular weight is 933 g/mol. The molecule has 0 N–H and O–H groups in total. The Bertz CT molecular complexity index is 3820. The van der Waals surface area contributed by atoms with Crippen LogP contribution in [0.4, 0.5) is 34.1 Å². The van der Waals surface area contributed by atoms with Crippen LogP contribution in [0.5, 0.6) is 0 Å². The molecule has 1 aliphatic carbocycles. The summed E-state index contributed by atoms with van der Waals surface area (Å²) in [6.07, 6.45) is 8.75. The largest absolute Gasteiger partial charge is 0.310 e. The molecule has 0 amide bonds. The Balaban J connectivity index is 0.936. The van der Waals surface area contributed by atoms with Crippen molar-refractivity contribution in [2.24, 2.45) is 0 Å². The van der Waals surface area contributed by atoms with Crippen molar-refractivity contribution >= 4 is 102 Å². The second kappa shape index (κ2) is 18.2. The van der Waals surface area contributed by atoms with Gasteiger partial charge >= 0.3 is 0 Å². The quantitative estimate of drug-likeness (QED) is 0.0996. The van der Waals surface area contributed by atoms with Gasteiger partial charge in [-0.15, -0.1) is 0 Å². The summed E-state index contributed by atoms with van der Waals surface area (Å²) in [6, 6.07) is 93.3. The molecular formula is C71H52N2. The van der Waals surface area contributed by atoms with E-state index in [0.717, 1.165) is 45.3 Å². The van der Waals surface area contributed by atoms with E-state index in [9.17, 15) is 0 Å². The summed E-state index contributed by atoms with van der Waals surface area (Å²) in [4.78, 5) is 4.94. The highest BCUT2D eigenvalue weighted by Gasteiger charge is 2.37. The maximum absolute atomic E-state index is 2.47. The van der Waals surface area contributed by atoms with Gasteiger partial charge in [0.2, 0.25) is 0 Å². The van der Waals surface area contributed by atoms with Crippen LogP contribution in [-0.2, 0) is 5.41 Å². The Hall–Kier alpha value is -9.24. The van der Waals surface area contributed by atoms with Gasteiger partial charge in [-0.3, -0.25) is 0 Å². The fraction of sp³-hybridized carbons (Fsp3) is 0.0423. The first-order chi connectivity index (χ1) is 35.9. The van der Waals surface area contributed by atoms with Gasteiger partial charge in [-0.25, -0.2) is 0 Å². The van der Waals surface area contributed by atoms with Crippen LogP contribution in [0.3, 0.4) is 0 Å². The van der Waals surface area contributed by atoms with Gasteiger partial charge in [0.05, 0.1) is 11.4 Å². The van der Waals surface area contributed by atoms with Gasteiger partial charge in [-0.2, -0.15) is 0 Å². The van der Waals surface area contributed by atoms with Gasteiger partial charge in [0.1, 0.15) is 0 Å². The van der Waals surface area contributed by atoms with Crippen molar-refractivity contribution < 1.29 is 0 Å².